The van der Waals surface area contributed by atoms with Gasteiger partial charge in [0.1, 0.15) is 5.82 Å². The van der Waals surface area contributed by atoms with Crippen LogP contribution in [0.5, 0.6) is 0 Å². The van der Waals surface area contributed by atoms with Gasteiger partial charge in [0, 0.05) is 18.2 Å². The standard InChI is InChI=1S/C10H10FNO/c11-9-3-1-2-8-7(4-5-13)6-12-10(8)9/h1-3,6,12-13H,4-5H2. The number of para-hydroxylation sites is 1. The molecule has 0 amide bonds. The van der Waals surface area contributed by atoms with E-state index in [2.05, 4.69) is 4.98 Å². The molecule has 0 unspecified atom stereocenters. The van der Waals surface area contributed by atoms with Crippen molar-refractivity contribution < 1.29 is 9.50 Å². The molecule has 1 aromatic heterocycles. The van der Waals surface area contributed by atoms with Crippen LogP contribution in [0.4, 0.5) is 4.39 Å². The zero-order valence-electron chi connectivity index (χ0n) is 7.05. The van der Waals surface area contributed by atoms with Gasteiger partial charge in [-0.15, -0.1) is 0 Å². The maximum absolute atomic E-state index is 13.1. The lowest BCUT2D eigenvalue weighted by Crippen LogP contribution is -1.88. The third kappa shape index (κ3) is 1.31. The summed E-state index contributed by atoms with van der Waals surface area (Å²) in [6.45, 7) is 0.0868. The van der Waals surface area contributed by atoms with Gasteiger partial charge in [-0.25, -0.2) is 4.39 Å². The predicted molar refractivity (Wildman–Crippen MR) is 49.0 cm³/mol. The Morgan fingerprint density at radius 2 is 2.23 bits per heavy atom. The van der Waals surface area contributed by atoms with E-state index < -0.39 is 0 Å². The highest BCUT2D eigenvalue weighted by Crippen LogP contribution is 2.20. The van der Waals surface area contributed by atoms with Crippen LogP contribution in [0.15, 0.2) is 24.4 Å². The minimum absolute atomic E-state index is 0.0868. The summed E-state index contributed by atoms with van der Waals surface area (Å²) in [5.41, 5.74) is 1.47. The molecule has 3 heteroatoms. The first kappa shape index (κ1) is 8.26. The maximum atomic E-state index is 13.1. The lowest BCUT2D eigenvalue weighted by Gasteiger charge is -1.95. The van der Waals surface area contributed by atoms with Crippen molar-refractivity contribution in [3.63, 3.8) is 0 Å². The summed E-state index contributed by atoms with van der Waals surface area (Å²) >= 11 is 0. The molecule has 0 bridgehead atoms. The van der Waals surface area contributed by atoms with Gasteiger partial charge in [-0.05, 0) is 18.1 Å². The van der Waals surface area contributed by atoms with Crippen LogP contribution in [-0.2, 0) is 6.42 Å². The Balaban J connectivity index is 2.61. The van der Waals surface area contributed by atoms with Crippen LogP contribution in [0, 0.1) is 5.82 Å². The number of aliphatic hydroxyl groups is 1. The molecule has 1 heterocycles. The number of hydrogen-bond donors (Lipinski definition) is 2. The molecule has 13 heavy (non-hydrogen) atoms. The van der Waals surface area contributed by atoms with Gasteiger partial charge in [-0.3, -0.25) is 0 Å². The number of aliphatic hydroxyl groups excluding tert-OH is 1. The number of nitrogens with one attached hydrogen (secondary N) is 1. The second-order valence-corrected chi connectivity index (χ2v) is 2.95. The zero-order chi connectivity index (χ0) is 9.26. The summed E-state index contributed by atoms with van der Waals surface area (Å²) in [5.74, 6) is -0.248. The van der Waals surface area contributed by atoms with E-state index in [1.165, 1.54) is 6.07 Å². The number of H-pyrrole nitrogens is 1. The van der Waals surface area contributed by atoms with Gasteiger partial charge in [0.25, 0.3) is 0 Å². The molecule has 2 rings (SSSR count). The first-order valence-corrected chi connectivity index (χ1v) is 4.18. The zero-order valence-corrected chi connectivity index (χ0v) is 7.05. The number of halogens is 1. The highest BCUT2D eigenvalue weighted by Gasteiger charge is 2.05. The van der Waals surface area contributed by atoms with E-state index in [0.29, 0.717) is 11.9 Å². The minimum Gasteiger partial charge on any atom is -0.396 e. The Morgan fingerprint density at radius 1 is 1.38 bits per heavy atom. The van der Waals surface area contributed by atoms with E-state index in [1.807, 2.05) is 6.07 Å². The van der Waals surface area contributed by atoms with Gasteiger partial charge in [0.05, 0.1) is 5.52 Å². The quantitative estimate of drug-likeness (QED) is 0.725. The summed E-state index contributed by atoms with van der Waals surface area (Å²) in [4.78, 5) is 2.86. The summed E-state index contributed by atoms with van der Waals surface area (Å²) in [7, 11) is 0. The summed E-state index contributed by atoms with van der Waals surface area (Å²) in [6, 6.07) is 4.94. The number of rotatable bonds is 2. The smallest absolute Gasteiger partial charge is 0.147 e. The van der Waals surface area contributed by atoms with Gasteiger partial charge >= 0.3 is 0 Å². The summed E-state index contributed by atoms with van der Waals surface area (Å²) in [5, 5.41) is 9.61. The van der Waals surface area contributed by atoms with Crippen LogP contribution in [0.25, 0.3) is 10.9 Å². The third-order valence-corrected chi connectivity index (χ3v) is 2.13. The molecule has 1 aromatic carbocycles. The Kier molecular flexibility index (Phi) is 2.02. The lowest BCUT2D eigenvalue weighted by molar-refractivity contribution is 0.300. The number of aromatic amines is 1. The fourth-order valence-corrected chi connectivity index (χ4v) is 1.50. The molecular weight excluding hydrogens is 169 g/mol. The molecule has 68 valence electrons. The molecule has 2 nitrogen and oxygen atoms in total. The van der Waals surface area contributed by atoms with Gasteiger partial charge in [-0.2, -0.15) is 0 Å². The Hall–Kier alpha value is -1.35. The summed E-state index contributed by atoms with van der Waals surface area (Å²) in [6.07, 6.45) is 2.30. The first-order valence-electron chi connectivity index (χ1n) is 4.18. The molecule has 0 aliphatic heterocycles. The molecule has 0 spiro atoms. The molecular formula is C10H10FNO. The topological polar surface area (TPSA) is 36.0 Å². The number of hydrogen-bond acceptors (Lipinski definition) is 1. The molecule has 0 saturated carbocycles. The largest absolute Gasteiger partial charge is 0.396 e. The Morgan fingerprint density at radius 3 is 3.00 bits per heavy atom. The first-order chi connectivity index (χ1) is 6.33. The minimum atomic E-state index is -0.248. The van der Waals surface area contributed by atoms with Gasteiger partial charge in [-0.1, -0.05) is 12.1 Å². The number of aromatic nitrogens is 1. The third-order valence-electron chi connectivity index (χ3n) is 2.13. The van der Waals surface area contributed by atoms with E-state index in [4.69, 9.17) is 5.11 Å². The van der Waals surface area contributed by atoms with Gasteiger partial charge in [0.15, 0.2) is 0 Å². The van der Waals surface area contributed by atoms with Gasteiger partial charge in [0.2, 0.25) is 0 Å². The summed E-state index contributed by atoms with van der Waals surface area (Å²) < 4.78 is 13.1. The second kappa shape index (κ2) is 3.18. The number of benzene rings is 1. The van der Waals surface area contributed by atoms with Crippen molar-refractivity contribution in [2.24, 2.45) is 0 Å². The van der Waals surface area contributed by atoms with E-state index in [0.717, 1.165) is 10.9 Å². The van der Waals surface area contributed by atoms with Gasteiger partial charge < -0.3 is 10.1 Å². The fourth-order valence-electron chi connectivity index (χ4n) is 1.50. The average molecular weight is 179 g/mol. The molecule has 0 radical (unpaired) electrons. The highest BCUT2D eigenvalue weighted by molar-refractivity contribution is 5.83. The van der Waals surface area contributed by atoms with Crippen molar-refractivity contribution in [3.05, 3.63) is 35.8 Å². The van der Waals surface area contributed by atoms with Crippen molar-refractivity contribution in [1.29, 1.82) is 0 Å². The van der Waals surface area contributed by atoms with Crippen LogP contribution in [0.3, 0.4) is 0 Å². The molecule has 0 fully saturated rings. The van der Waals surface area contributed by atoms with Crippen LogP contribution >= 0.6 is 0 Å². The average Bonchev–Trinajstić information content (AvgIpc) is 2.51. The highest BCUT2D eigenvalue weighted by atomic mass is 19.1. The van der Waals surface area contributed by atoms with E-state index in [9.17, 15) is 4.39 Å². The fraction of sp³-hybridized carbons (Fsp3) is 0.200. The van der Waals surface area contributed by atoms with Crippen molar-refractivity contribution in [2.75, 3.05) is 6.61 Å². The Bertz CT molecular complexity index is 422. The van der Waals surface area contributed by atoms with Crippen molar-refractivity contribution >= 4 is 10.9 Å². The van der Waals surface area contributed by atoms with Crippen molar-refractivity contribution in [1.82, 2.24) is 4.98 Å². The molecule has 0 saturated heterocycles. The molecule has 0 aliphatic carbocycles. The van der Waals surface area contributed by atoms with Crippen molar-refractivity contribution in [2.45, 2.75) is 6.42 Å². The SMILES string of the molecule is OCCc1c[nH]c2c(F)cccc12. The molecule has 0 atom stereocenters. The normalized spacial score (nSPS) is 10.9. The maximum Gasteiger partial charge on any atom is 0.147 e. The van der Waals surface area contributed by atoms with E-state index in [1.54, 1.807) is 12.3 Å². The predicted octanol–water partition coefficient (Wildman–Crippen LogP) is 1.84. The van der Waals surface area contributed by atoms with E-state index in [-0.39, 0.29) is 12.4 Å². The van der Waals surface area contributed by atoms with E-state index >= 15 is 0 Å². The van der Waals surface area contributed by atoms with Crippen LogP contribution in [0.1, 0.15) is 5.56 Å². The van der Waals surface area contributed by atoms with Crippen LogP contribution < -0.4 is 0 Å². The van der Waals surface area contributed by atoms with Crippen LogP contribution in [-0.4, -0.2) is 16.7 Å². The molecule has 2 aromatic rings. The molecule has 0 aliphatic rings. The second-order valence-electron chi connectivity index (χ2n) is 2.95. The van der Waals surface area contributed by atoms with Crippen LogP contribution in [0.2, 0.25) is 0 Å². The lowest BCUT2D eigenvalue weighted by atomic mass is 10.1. The number of fused-ring (bicyclic) bond motifs is 1. The monoisotopic (exact) mass is 179 g/mol. The molecule has 2 N–H and O–H groups in total. The van der Waals surface area contributed by atoms with Crippen molar-refractivity contribution in [3.8, 4) is 0 Å². The Labute approximate surface area is 75.0 Å².